The summed E-state index contributed by atoms with van der Waals surface area (Å²) in [5, 5.41) is 3.36. The molecule has 0 amide bonds. The first-order chi connectivity index (χ1) is 6.54. The molecule has 0 heterocycles. The van der Waals surface area contributed by atoms with Crippen LogP contribution in [0.1, 0.15) is 5.56 Å². The van der Waals surface area contributed by atoms with Crippen LogP contribution >= 0.6 is 0 Å². The van der Waals surface area contributed by atoms with Crippen LogP contribution in [0.4, 0.5) is 0 Å². The van der Waals surface area contributed by atoms with Crippen molar-refractivity contribution >= 4 is 9.84 Å². The second-order valence-electron chi connectivity index (χ2n) is 2.81. The van der Waals surface area contributed by atoms with Gasteiger partial charge in [-0.25, -0.2) is 8.42 Å². The highest BCUT2D eigenvalue weighted by atomic mass is 32.2. The SMILES string of the molecule is CS(=O)(=O)c1ccc(CN=[N+]=[N-])cc1. The first-order valence-corrected chi connectivity index (χ1v) is 5.73. The monoisotopic (exact) mass is 211 g/mol. The van der Waals surface area contributed by atoms with Crippen molar-refractivity contribution in [3.8, 4) is 0 Å². The molecular formula is C8H9N3O2S. The maximum atomic E-state index is 11.1. The Morgan fingerprint density at radius 2 is 1.93 bits per heavy atom. The Kier molecular flexibility index (Phi) is 3.11. The molecule has 0 aliphatic heterocycles. The Balaban J connectivity index is 2.95. The topological polar surface area (TPSA) is 82.9 Å². The fraction of sp³-hybridized carbons (Fsp3) is 0.250. The van der Waals surface area contributed by atoms with Crippen LogP contribution in [0.15, 0.2) is 34.3 Å². The molecule has 74 valence electrons. The van der Waals surface area contributed by atoms with Crippen LogP contribution in [0.2, 0.25) is 0 Å². The summed E-state index contributed by atoms with van der Waals surface area (Å²) in [6.07, 6.45) is 1.15. The molecule has 0 aliphatic carbocycles. The summed E-state index contributed by atoms with van der Waals surface area (Å²) in [4.78, 5) is 2.87. The van der Waals surface area contributed by atoms with Gasteiger partial charge in [-0.2, -0.15) is 0 Å². The summed E-state index contributed by atoms with van der Waals surface area (Å²) in [5.74, 6) is 0. The van der Waals surface area contributed by atoms with Crippen LogP contribution in [0, 0.1) is 0 Å². The Bertz CT molecular complexity index is 458. The van der Waals surface area contributed by atoms with Crippen LogP contribution in [0.3, 0.4) is 0 Å². The highest BCUT2D eigenvalue weighted by Gasteiger charge is 2.05. The van der Waals surface area contributed by atoms with Crippen molar-refractivity contribution in [2.75, 3.05) is 6.26 Å². The molecule has 0 saturated carbocycles. The molecule has 0 spiro atoms. The van der Waals surface area contributed by atoms with Crippen molar-refractivity contribution in [3.63, 3.8) is 0 Å². The van der Waals surface area contributed by atoms with E-state index in [1.54, 1.807) is 12.1 Å². The minimum atomic E-state index is -3.14. The number of sulfone groups is 1. The largest absolute Gasteiger partial charge is 0.224 e. The lowest BCUT2D eigenvalue weighted by Gasteiger charge is -1.99. The summed E-state index contributed by atoms with van der Waals surface area (Å²) in [6, 6.07) is 6.26. The quantitative estimate of drug-likeness (QED) is 0.434. The fourth-order valence-electron chi connectivity index (χ4n) is 0.955. The van der Waals surface area contributed by atoms with Crippen LogP contribution in [-0.2, 0) is 16.4 Å². The molecule has 0 unspecified atom stereocenters. The van der Waals surface area contributed by atoms with E-state index in [0.717, 1.165) is 11.8 Å². The number of rotatable bonds is 3. The van der Waals surface area contributed by atoms with Gasteiger partial charge in [-0.15, -0.1) is 0 Å². The molecule has 1 aromatic carbocycles. The van der Waals surface area contributed by atoms with Gasteiger partial charge < -0.3 is 0 Å². The van der Waals surface area contributed by atoms with Crippen molar-refractivity contribution < 1.29 is 8.42 Å². The van der Waals surface area contributed by atoms with Crippen molar-refractivity contribution in [2.24, 2.45) is 5.11 Å². The predicted octanol–water partition coefficient (Wildman–Crippen LogP) is 1.90. The average molecular weight is 211 g/mol. The van der Waals surface area contributed by atoms with Crippen LogP contribution in [0.5, 0.6) is 0 Å². The molecule has 0 aliphatic rings. The summed E-state index contributed by atoms with van der Waals surface area (Å²) >= 11 is 0. The zero-order chi connectivity index (χ0) is 10.6. The van der Waals surface area contributed by atoms with E-state index >= 15 is 0 Å². The lowest BCUT2D eigenvalue weighted by molar-refractivity contribution is 0.602. The number of azide groups is 1. The Hall–Kier alpha value is -1.52. The summed E-state index contributed by atoms with van der Waals surface area (Å²) in [7, 11) is -3.14. The molecule has 0 N–H and O–H groups in total. The number of benzene rings is 1. The first-order valence-electron chi connectivity index (χ1n) is 3.84. The Labute approximate surface area is 81.9 Å². The summed E-state index contributed by atoms with van der Waals surface area (Å²) < 4.78 is 22.2. The van der Waals surface area contributed by atoms with E-state index in [1.165, 1.54) is 12.1 Å². The molecule has 5 nitrogen and oxygen atoms in total. The van der Waals surface area contributed by atoms with Gasteiger partial charge in [0.25, 0.3) is 0 Å². The third-order valence-corrected chi connectivity index (χ3v) is 2.80. The van der Waals surface area contributed by atoms with Gasteiger partial charge in [0, 0.05) is 11.2 Å². The lowest BCUT2D eigenvalue weighted by Crippen LogP contribution is -1.96. The van der Waals surface area contributed by atoms with E-state index in [1.807, 2.05) is 0 Å². The van der Waals surface area contributed by atoms with E-state index in [2.05, 4.69) is 10.0 Å². The maximum Gasteiger partial charge on any atom is 0.175 e. The highest BCUT2D eigenvalue weighted by Crippen LogP contribution is 2.10. The fourth-order valence-corrected chi connectivity index (χ4v) is 1.59. The standard InChI is InChI=1S/C8H9N3O2S/c1-14(12,13)8-4-2-7(3-5-8)6-10-11-9/h2-5H,6H2,1H3. The smallest absolute Gasteiger partial charge is 0.175 e. The molecule has 0 radical (unpaired) electrons. The van der Waals surface area contributed by atoms with Crippen LogP contribution in [-0.4, -0.2) is 14.7 Å². The maximum absolute atomic E-state index is 11.1. The van der Waals surface area contributed by atoms with Gasteiger partial charge in [0.15, 0.2) is 9.84 Å². The summed E-state index contributed by atoms with van der Waals surface area (Å²) in [5.41, 5.74) is 8.86. The van der Waals surface area contributed by atoms with Crippen LogP contribution in [0.25, 0.3) is 10.4 Å². The molecule has 1 rings (SSSR count). The van der Waals surface area contributed by atoms with Crippen LogP contribution < -0.4 is 0 Å². The lowest BCUT2D eigenvalue weighted by atomic mass is 10.2. The normalized spacial score (nSPS) is 10.6. The van der Waals surface area contributed by atoms with E-state index < -0.39 is 9.84 Å². The number of hydrogen-bond donors (Lipinski definition) is 0. The first kappa shape index (κ1) is 10.6. The van der Waals surface area contributed by atoms with Gasteiger partial charge in [0.05, 0.1) is 11.4 Å². The Morgan fingerprint density at radius 3 is 2.36 bits per heavy atom. The van der Waals surface area contributed by atoms with E-state index in [4.69, 9.17) is 5.53 Å². The zero-order valence-electron chi connectivity index (χ0n) is 7.58. The molecule has 1 aromatic rings. The van der Waals surface area contributed by atoms with E-state index in [-0.39, 0.29) is 11.4 Å². The molecule has 14 heavy (non-hydrogen) atoms. The van der Waals surface area contributed by atoms with E-state index in [9.17, 15) is 8.42 Å². The molecule has 0 bridgehead atoms. The number of nitrogens with zero attached hydrogens (tertiary/aromatic N) is 3. The van der Waals surface area contributed by atoms with Crippen molar-refractivity contribution in [1.29, 1.82) is 0 Å². The van der Waals surface area contributed by atoms with Gasteiger partial charge in [-0.05, 0) is 23.2 Å². The average Bonchev–Trinajstić information content (AvgIpc) is 2.14. The third kappa shape index (κ3) is 2.76. The van der Waals surface area contributed by atoms with Gasteiger partial charge in [0.1, 0.15) is 0 Å². The molecule has 0 aromatic heterocycles. The van der Waals surface area contributed by atoms with Gasteiger partial charge >= 0.3 is 0 Å². The highest BCUT2D eigenvalue weighted by molar-refractivity contribution is 7.90. The van der Waals surface area contributed by atoms with E-state index in [0.29, 0.717) is 0 Å². The van der Waals surface area contributed by atoms with Gasteiger partial charge in [-0.1, -0.05) is 17.2 Å². The second kappa shape index (κ2) is 4.13. The zero-order valence-corrected chi connectivity index (χ0v) is 8.40. The van der Waals surface area contributed by atoms with Gasteiger partial charge in [0.2, 0.25) is 0 Å². The number of hydrogen-bond acceptors (Lipinski definition) is 3. The molecular weight excluding hydrogens is 202 g/mol. The van der Waals surface area contributed by atoms with Crippen molar-refractivity contribution in [1.82, 2.24) is 0 Å². The minimum Gasteiger partial charge on any atom is -0.224 e. The predicted molar refractivity (Wildman–Crippen MR) is 52.4 cm³/mol. The minimum absolute atomic E-state index is 0.237. The molecule has 0 saturated heterocycles. The Morgan fingerprint density at radius 1 is 1.36 bits per heavy atom. The van der Waals surface area contributed by atoms with Gasteiger partial charge in [-0.3, -0.25) is 0 Å². The molecule has 6 heteroatoms. The summed E-state index contributed by atoms with van der Waals surface area (Å²) in [6.45, 7) is 0.237. The van der Waals surface area contributed by atoms with Crippen molar-refractivity contribution in [3.05, 3.63) is 40.3 Å². The molecule has 0 atom stereocenters. The van der Waals surface area contributed by atoms with Crippen molar-refractivity contribution in [2.45, 2.75) is 11.4 Å². The molecule has 0 fully saturated rings. The third-order valence-electron chi connectivity index (χ3n) is 1.67. The second-order valence-corrected chi connectivity index (χ2v) is 4.82.